The number of piperazine rings is 1. The van der Waals surface area contributed by atoms with Crippen LogP contribution < -0.4 is 0 Å². The summed E-state index contributed by atoms with van der Waals surface area (Å²) >= 11 is 0. The van der Waals surface area contributed by atoms with Crippen LogP contribution in [0, 0.1) is 6.92 Å². The minimum absolute atomic E-state index is 0.400. The van der Waals surface area contributed by atoms with Crippen LogP contribution in [-0.2, 0) is 0 Å². The number of aliphatic hydroxyl groups excluding tert-OH is 1. The molecule has 2 aromatic rings. The van der Waals surface area contributed by atoms with Gasteiger partial charge in [0.05, 0.1) is 17.8 Å². The Bertz CT molecular complexity index is 616. The SMILES string of the molecule is CCN1CCN(CCC(O)c2cc3cn[nH]c3cc2C)CC1. The van der Waals surface area contributed by atoms with E-state index in [1.165, 1.54) is 0 Å². The first-order chi connectivity index (χ1) is 10.7. The molecule has 1 saturated heterocycles. The minimum Gasteiger partial charge on any atom is -0.388 e. The number of nitrogens with zero attached hydrogens (tertiary/aromatic N) is 3. The van der Waals surface area contributed by atoms with Crippen LogP contribution in [0.5, 0.6) is 0 Å². The number of aryl methyl sites for hydroxylation is 1. The van der Waals surface area contributed by atoms with Crippen molar-refractivity contribution in [3.8, 4) is 0 Å². The van der Waals surface area contributed by atoms with E-state index in [9.17, 15) is 5.11 Å². The zero-order valence-electron chi connectivity index (χ0n) is 13.5. The van der Waals surface area contributed by atoms with Crippen LogP contribution in [0.25, 0.3) is 10.9 Å². The number of fused-ring (bicyclic) bond motifs is 1. The first kappa shape index (κ1) is 15.5. The predicted molar refractivity (Wildman–Crippen MR) is 89.0 cm³/mol. The maximum Gasteiger partial charge on any atom is 0.0805 e. The van der Waals surface area contributed by atoms with E-state index in [-0.39, 0.29) is 0 Å². The second kappa shape index (κ2) is 6.77. The summed E-state index contributed by atoms with van der Waals surface area (Å²) < 4.78 is 0. The Kier molecular flexibility index (Phi) is 4.76. The van der Waals surface area contributed by atoms with E-state index in [4.69, 9.17) is 0 Å². The molecule has 1 aliphatic rings. The van der Waals surface area contributed by atoms with Crippen molar-refractivity contribution in [1.29, 1.82) is 0 Å². The molecule has 0 amide bonds. The smallest absolute Gasteiger partial charge is 0.0805 e. The fourth-order valence-electron chi connectivity index (χ4n) is 3.27. The van der Waals surface area contributed by atoms with Gasteiger partial charge >= 0.3 is 0 Å². The average molecular weight is 302 g/mol. The Morgan fingerprint density at radius 1 is 1.23 bits per heavy atom. The first-order valence-corrected chi connectivity index (χ1v) is 8.23. The van der Waals surface area contributed by atoms with Gasteiger partial charge in [0.1, 0.15) is 0 Å². The Labute approximate surface area is 131 Å². The number of hydrogen-bond donors (Lipinski definition) is 2. The molecule has 1 aliphatic heterocycles. The first-order valence-electron chi connectivity index (χ1n) is 8.23. The lowest BCUT2D eigenvalue weighted by Crippen LogP contribution is -2.46. The highest BCUT2D eigenvalue weighted by molar-refractivity contribution is 5.79. The number of H-pyrrole nitrogens is 1. The highest BCUT2D eigenvalue weighted by Crippen LogP contribution is 2.25. The molecule has 1 atom stereocenters. The van der Waals surface area contributed by atoms with E-state index < -0.39 is 6.10 Å². The molecule has 0 aliphatic carbocycles. The second-order valence-electron chi connectivity index (χ2n) is 6.25. The molecule has 3 rings (SSSR count). The van der Waals surface area contributed by atoms with Gasteiger partial charge < -0.3 is 14.9 Å². The number of rotatable bonds is 5. The Morgan fingerprint density at radius 3 is 2.68 bits per heavy atom. The van der Waals surface area contributed by atoms with Crippen molar-refractivity contribution in [2.75, 3.05) is 39.3 Å². The van der Waals surface area contributed by atoms with Gasteiger partial charge in [-0.25, -0.2) is 0 Å². The molecule has 1 aromatic heterocycles. The highest BCUT2D eigenvalue weighted by atomic mass is 16.3. The Balaban J connectivity index is 1.59. The lowest BCUT2D eigenvalue weighted by atomic mass is 9.99. The van der Waals surface area contributed by atoms with Gasteiger partial charge in [-0.2, -0.15) is 5.10 Å². The van der Waals surface area contributed by atoms with Crippen molar-refractivity contribution in [2.45, 2.75) is 26.4 Å². The number of hydrogen-bond acceptors (Lipinski definition) is 4. The molecule has 0 saturated carbocycles. The third kappa shape index (κ3) is 3.32. The van der Waals surface area contributed by atoms with Crippen molar-refractivity contribution in [2.24, 2.45) is 0 Å². The fraction of sp³-hybridized carbons (Fsp3) is 0.588. The van der Waals surface area contributed by atoms with E-state index in [0.29, 0.717) is 0 Å². The molecule has 1 aromatic carbocycles. The normalized spacial score (nSPS) is 18.9. The largest absolute Gasteiger partial charge is 0.388 e. The van der Waals surface area contributed by atoms with Crippen molar-refractivity contribution < 1.29 is 5.11 Å². The highest BCUT2D eigenvalue weighted by Gasteiger charge is 2.18. The number of aliphatic hydroxyl groups is 1. The van der Waals surface area contributed by atoms with Crippen LogP contribution in [0.1, 0.15) is 30.6 Å². The fourth-order valence-corrected chi connectivity index (χ4v) is 3.27. The molecular weight excluding hydrogens is 276 g/mol. The predicted octanol–water partition coefficient (Wildman–Crippen LogP) is 1.93. The van der Waals surface area contributed by atoms with Gasteiger partial charge in [0, 0.05) is 38.1 Å². The molecule has 1 fully saturated rings. The number of aromatic amines is 1. The van der Waals surface area contributed by atoms with Gasteiger partial charge in [0.25, 0.3) is 0 Å². The third-order valence-corrected chi connectivity index (χ3v) is 4.82. The van der Waals surface area contributed by atoms with Gasteiger partial charge in [0.2, 0.25) is 0 Å². The van der Waals surface area contributed by atoms with Crippen LogP contribution in [0.3, 0.4) is 0 Å². The number of nitrogens with one attached hydrogen (secondary N) is 1. The topological polar surface area (TPSA) is 55.4 Å². The van der Waals surface area contributed by atoms with Crippen LogP contribution in [0.4, 0.5) is 0 Å². The molecule has 22 heavy (non-hydrogen) atoms. The van der Waals surface area contributed by atoms with E-state index >= 15 is 0 Å². The summed E-state index contributed by atoms with van der Waals surface area (Å²) in [6.45, 7) is 10.9. The number of aromatic nitrogens is 2. The van der Waals surface area contributed by atoms with E-state index in [1.54, 1.807) is 0 Å². The maximum absolute atomic E-state index is 10.6. The summed E-state index contributed by atoms with van der Waals surface area (Å²) in [5.41, 5.74) is 3.19. The quantitative estimate of drug-likeness (QED) is 0.886. The molecule has 5 heteroatoms. The summed E-state index contributed by atoms with van der Waals surface area (Å²) in [7, 11) is 0. The van der Waals surface area contributed by atoms with Gasteiger partial charge in [-0.1, -0.05) is 6.92 Å². The summed E-state index contributed by atoms with van der Waals surface area (Å²) in [5, 5.41) is 18.7. The maximum atomic E-state index is 10.6. The van der Waals surface area contributed by atoms with Crippen molar-refractivity contribution in [3.05, 3.63) is 29.5 Å². The number of benzene rings is 1. The summed E-state index contributed by atoms with van der Waals surface area (Å²) in [6, 6.07) is 4.13. The zero-order chi connectivity index (χ0) is 15.5. The Morgan fingerprint density at radius 2 is 1.95 bits per heavy atom. The van der Waals surface area contributed by atoms with E-state index in [2.05, 4.69) is 46.0 Å². The van der Waals surface area contributed by atoms with Gasteiger partial charge in [0.15, 0.2) is 0 Å². The molecular formula is C17H26N4O. The van der Waals surface area contributed by atoms with Crippen LogP contribution in [0.2, 0.25) is 0 Å². The lowest BCUT2D eigenvalue weighted by molar-refractivity contribution is 0.105. The zero-order valence-corrected chi connectivity index (χ0v) is 13.5. The summed E-state index contributed by atoms with van der Waals surface area (Å²) in [6.07, 6.45) is 2.20. The van der Waals surface area contributed by atoms with Gasteiger partial charge in [-0.15, -0.1) is 0 Å². The van der Waals surface area contributed by atoms with Crippen LogP contribution in [-0.4, -0.2) is 64.4 Å². The molecule has 5 nitrogen and oxygen atoms in total. The van der Waals surface area contributed by atoms with Crippen LogP contribution in [0.15, 0.2) is 18.3 Å². The molecule has 2 heterocycles. The van der Waals surface area contributed by atoms with Crippen molar-refractivity contribution in [3.63, 3.8) is 0 Å². The molecule has 0 bridgehead atoms. The molecule has 0 spiro atoms. The summed E-state index contributed by atoms with van der Waals surface area (Å²) in [4.78, 5) is 4.94. The molecule has 2 N–H and O–H groups in total. The number of likely N-dealkylation sites (N-methyl/N-ethyl adjacent to an activating group) is 1. The van der Waals surface area contributed by atoms with Gasteiger partial charge in [-0.05, 0) is 43.1 Å². The summed E-state index contributed by atoms with van der Waals surface area (Å²) in [5.74, 6) is 0. The standard InChI is InChI=1S/C17H26N4O/c1-3-20-6-8-21(9-7-20)5-4-17(22)15-11-14-12-18-19-16(14)10-13(15)2/h10-12,17,22H,3-9H2,1-2H3,(H,18,19). The van der Waals surface area contributed by atoms with E-state index in [0.717, 1.165) is 67.7 Å². The molecule has 1 unspecified atom stereocenters. The van der Waals surface area contributed by atoms with Gasteiger partial charge in [-0.3, -0.25) is 5.10 Å². The monoisotopic (exact) mass is 302 g/mol. The van der Waals surface area contributed by atoms with Crippen molar-refractivity contribution in [1.82, 2.24) is 20.0 Å². The van der Waals surface area contributed by atoms with Crippen LogP contribution >= 0.6 is 0 Å². The Hall–Kier alpha value is -1.43. The van der Waals surface area contributed by atoms with Crippen molar-refractivity contribution >= 4 is 10.9 Å². The third-order valence-electron chi connectivity index (χ3n) is 4.82. The minimum atomic E-state index is -0.400. The lowest BCUT2D eigenvalue weighted by Gasteiger charge is -2.34. The van der Waals surface area contributed by atoms with E-state index in [1.807, 2.05) is 6.20 Å². The average Bonchev–Trinajstić information content (AvgIpc) is 2.99. The molecule has 0 radical (unpaired) electrons. The molecule has 120 valence electrons. The second-order valence-corrected chi connectivity index (χ2v) is 6.25.